The molecule has 0 rings (SSSR count). The Morgan fingerprint density at radius 2 is 0.985 bits per heavy atom. The van der Waals surface area contributed by atoms with Crippen LogP contribution in [0.15, 0.2) is 36.5 Å². The zero-order chi connectivity index (χ0) is 48.0. The largest absolute Gasteiger partial charge is 0.472 e. The molecule has 3 atom stereocenters. The number of phosphoric acid groups is 1. The van der Waals surface area contributed by atoms with Crippen LogP contribution in [-0.4, -0.2) is 74.3 Å². The van der Waals surface area contributed by atoms with Gasteiger partial charge < -0.3 is 19.4 Å². The number of phosphoric ester groups is 1. The average Bonchev–Trinajstić information content (AvgIpc) is 3.26. The molecule has 0 aliphatic carbocycles. The summed E-state index contributed by atoms with van der Waals surface area (Å²) in [5.41, 5.74) is 0. The van der Waals surface area contributed by atoms with E-state index in [1.54, 1.807) is 0 Å². The first-order chi connectivity index (χ1) is 31.4. The van der Waals surface area contributed by atoms with Crippen molar-refractivity contribution in [1.82, 2.24) is 5.32 Å². The number of carbonyl (C=O) groups is 2. The minimum atomic E-state index is -4.44. The van der Waals surface area contributed by atoms with Gasteiger partial charge in [0.2, 0.25) is 5.91 Å². The van der Waals surface area contributed by atoms with Gasteiger partial charge in [-0.05, 0) is 57.4 Å². The number of likely N-dealkylation sites (N-methyl/N-ethyl adjacent to an activating group) is 1. The van der Waals surface area contributed by atoms with Crippen LogP contribution in [0.4, 0.5) is 0 Å². The summed E-state index contributed by atoms with van der Waals surface area (Å²) in [5, 5.41) is 3.04. The van der Waals surface area contributed by atoms with E-state index in [-0.39, 0.29) is 25.1 Å². The number of quaternary nitrogens is 1. The number of hydrogen-bond donors (Lipinski definition) is 2. The highest BCUT2D eigenvalue weighted by Crippen LogP contribution is 2.43. The second kappa shape index (κ2) is 46.0. The molecule has 3 unspecified atom stereocenters. The minimum absolute atomic E-state index is 0.0402. The van der Waals surface area contributed by atoms with Gasteiger partial charge in [0.1, 0.15) is 19.3 Å². The quantitative estimate of drug-likeness (QED) is 0.0205. The number of ether oxygens (including phenoxy) is 1. The second-order valence-corrected chi connectivity index (χ2v) is 21.2. The van der Waals surface area contributed by atoms with Gasteiger partial charge in [0.25, 0.3) is 0 Å². The van der Waals surface area contributed by atoms with Crippen LogP contribution in [0.2, 0.25) is 0 Å². The van der Waals surface area contributed by atoms with Crippen molar-refractivity contribution in [2.75, 3.05) is 40.9 Å². The zero-order valence-electron chi connectivity index (χ0n) is 43.5. The van der Waals surface area contributed by atoms with Crippen LogP contribution < -0.4 is 5.32 Å². The first-order valence-corrected chi connectivity index (χ1v) is 28.8. The Balaban J connectivity index is 5.36. The number of amides is 1. The number of carbonyl (C=O) groups excluding carboxylic acids is 2. The molecular formula is C55H106N2O7P+. The van der Waals surface area contributed by atoms with Crippen LogP contribution in [0.3, 0.4) is 0 Å². The lowest BCUT2D eigenvalue weighted by Gasteiger charge is -2.27. The van der Waals surface area contributed by atoms with E-state index in [0.717, 1.165) is 83.5 Å². The van der Waals surface area contributed by atoms with E-state index in [9.17, 15) is 19.0 Å². The molecule has 0 saturated carbocycles. The molecule has 0 radical (unpaired) electrons. The highest BCUT2D eigenvalue weighted by atomic mass is 31.2. The fourth-order valence-electron chi connectivity index (χ4n) is 7.86. The summed E-state index contributed by atoms with van der Waals surface area (Å²) in [5.74, 6) is -0.509. The molecular weight excluding hydrogens is 832 g/mol. The molecule has 0 aromatic carbocycles. The number of nitrogens with one attached hydrogen (secondary N) is 1. The van der Waals surface area contributed by atoms with Crippen molar-refractivity contribution >= 4 is 19.7 Å². The number of allylic oxidation sites excluding steroid dienone is 5. The van der Waals surface area contributed by atoms with Gasteiger partial charge in [0.15, 0.2) is 0 Å². The van der Waals surface area contributed by atoms with E-state index in [2.05, 4.69) is 50.4 Å². The topological polar surface area (TPSA) is 111 Å². The van der Waals surface area contributed by atoms with Crippen molar-refractivity contribution in [3.63, 3.8) is 0 Å². The molecule has 2 N–H and O–H groups in total. The monoisotopic (exact) mass is 938 g/mol. The smallest absolute Gasteiger partial charge is 0.456 e. The van der Waals surface area contributed by atoms with E-state index in [4.69, 9.17) is 13.8 Å². The highest BCUT2D eigenvalue weighted by Gasteiger charge is 2.30. The van der Waals surface area contributed by atoms with Crippen molar-refractivity contribution in [3.8, 4) is 0 Å². The van der Waals surface area contributed by atoms with Gasteiger partial charge in [0, 0.05) is 12.8 Å². The number of nitrogens with zero attached hydrogens (tertiary/aromatic N) is 1. The molecule has 0 aromatic heterocycles. The van der Waals surface area contributed by atoms with Gasteiger partial charge in [0.05, 0.1) is 33.8 Å². The Morgan fingerprint density at radius 1 is 0.554 bits per heavy atom. The Hall–Kier alpha value is -1.77. The SMILES string of the molecule is CC/C=C/C/C=C/CCCCCCCCCC(=O)NC(COP(=O)(O)OCC[N+](C)(C)C)C(/C=C/CCCCCCCCCCC)OC(=O)CCCCCCCCCCCCCCCC. The molecule has 0 saturated heterocycles. The van der Waals surface area contributed by atoms with Gasteiger partial charge in [-0.3, -0.25) is 18.6 Å². The molecule has 0 aromatic rings. The Kier molecular flexibility index (Phi) is 44.7. The lowest BCUT2D eigenvalue weighted by Crippen LogP contribution is -2.47. The van der Waals surface area contributed by atoms with Gasteiger partial charge in [-0.15, -0.1) is 0 Å². The Morgan fingerprint density at radius 3 is 1.46 bits per heavy atom. The fourth-order valence-corrected chi connectivity index (χ4v) is 8.60. The number of rotatable bonds is 49. The summed E-state index contributed by atoms with van der Waals surface area (Å²) < 4.78 is 30.5. The summed E-state index contributed by atoms with van der Waals surface area (Å²) in [4.78, 5) is 37.4. The van der Waals surface area contributed by atoms with Crippen molar-refractivity contribution in [2.45, 2.75) is 264 Å². The molecule has 0 heterocycles. The summed E-state index contributed by atoms with van der Waals surface area (Å²) in [6.45, 7) is 6.90. The number of hydrogen-bond acceptors (Lipinski definition) is 6. The maximum absolute atomic E-state index is 13.4. The summed E-state index contributed by atoms with van der Waals surface area (Å²) >= 11 is 0. The maximum atomic E-state index is 13.4. The van der Waals surface area contributed by atoms with Crippen LogP contribution in [0, 0.1) is 0 Å². The van der Waals surface area contributed by atoms with Crippen molar-refractivity contribution < 1.29 is 37.3 Å². The van der Waals surface area contributed by atoms with E-state index in [1.807, 2.05) is 33.3 Å². The zero-order valence-corrected chi connectivity index (χ0v) is 44.4. The summed E-state index contributed by atoms with van der Waals surface area (Å²) in [7, 11) is 1.49. The molecule has 0 fully saturated rings. The van der Waals surface area contributed by atoms with Gasteiger partial charge in [-0.2, -0.15) is 0 Å². The van der Waals surface area contributed by atoms with Crippen LogP contribution in [-0.2, 0) is 27.9 Å². The molecule has 0 spiro atoms. The molecule has 65 heavy (non-hydrogen) atoms. The third-order valence-electron chi connectivity index (χ3n) is 12.1. The van der Waals surface area contributed by atoms with Crippen LogP contribution in [0.25, 0.3) is 0 Å². The first kappa shape index (κ1) is 63.2. The second-order valence-electron chi connectivity index (χ2n) is 19.7. The average molecular weight is 938 g/mol. The predicted octanol–water partition coefficient (Wildman–Crippen LogP) is 16.0. The van der Waals surface area contributed by atoms with Gasteiger partial charge in [-0.1, -0.05) is 218 Å². The number of esters is 1. The molecule has 0 aliphatic heterocycles. The van der Waals surface area contributed by atoms with Crippen LogP contribution >= 0.6 is 7.82 Å². The minimum Gasteiger partial charge on any atom is -0.456 e. The molecule has 1 amide bonds. The van der Waals surface area contributed by atoms with Crippen molar-refractivity contribution in [3.05, 3.63) is 36.5 Å². The van der Waals surface area contributed by atoms with Crippen LogP contribution in [0.5, 0.6) is 0 Å². The van der Waals surface area contributed by atoms with Crippen molar-refractivity contribution in [1.29, 1.82) is 0 Å². The van der Waals surface area contributed by atoms with E-state index >= 15 is 0 Å². The normalized spacial score (nSPS) is 14.1. The standard InChI is InChI=1S/C55H105N2O7P/c1-7-10-13-16-19-22-25-27-29-32-35-38-41-44-47-54(58)56-52(51-63-65(60,61)62-50-49-57(4,5)6)53(46-43-40-37-34-31-24-21-18-15-12-9-3)64-55(59)48-45-42-39-36-33-30-28-26-23-20-17-14-11-8-2/h10,13,19,22,43,46,52-53H,7-9,11-12,14-18,20-21,23-42,44-45,47-51H2,1-6H3,(H-,56,58,60,61)/p+1/b13-10+,22-19+,46-43+. The fraction of sp³-hybridized carbons (Fsp3) is 0.855. The third kappa shape index (κ3) is 47.1. The molecule has 382 valence electrons. The number of unbranched alkanes of at least 4 members (excludes halogenated alkanes) is 29. The Bertz CT molecular complexity index is 1220. The Labute approximate surface area is 402 Å². The lowest BCUT2D eigenvalue weighted by atomic mass is 10.0. The predicted molar refractivity (Wildman–Crippen MR) is 277 cm³/mol. The summed E-state index contributed by atoms with van der Waals surface area (Å²) in [6.07, 6.45) is 52.7. The third-order valence-corrected chi connectivity index (χ3v) is 13.1. The maximum Gasteiger partial charge on any atom is 0.472 e. The summed E-state index contributed by atoms with van der Waals surface area (Å²) in [6, 6.07) is -0.846. The lowest BCUT2D eigenvalue weighted by molar-refractivity contribution is -0.870. The van der Waals surface area contributed by atoms with E-state index in [1.165, 1.54) is 135 Å². The molecule has 0 aliphatic rings. The highest BCUT2D eigenvalue weighted by molar-refractivity contribution is 7.47. The van der Waals surface area contributed by atoms with Gasteiger partial charge >= 0.3 is 13.8 Å². The molecule has 9 nitrogen and oxygen atoms in total. The van der Waals surface area contributed by atoms with Gasteiger partial charge in [-0.25, -0.2) is 4.57 Å². The van der Waals surface area contributed by atoms with Crippen LogP contribution in [0.1, 0.15) is 252 Å². The molecule has 10 heteroatoms. The van der Waals surface area contributed by atoms with E-state index in [0.29, 0.717) is 23.9 Å². The first-order valence-electron chi connectivity index (χ1n) is 27.3. The van der Waals surface area contributed by atoms with E-state index < -0.39 is 20.0 Å². The molecule has 0 bridgehead atoms. The van der Waals surface area contributed by atoms with Crippen molar-refractivity contribution in [2.24, 2.45) is 0 Å².